The molecule has 7 nitrogen and oxygen atoms in total. The van der Waals surface area contributed by atoms with Crippen molar-refractivity contribution >= 4 is 17.7 Å². The molecule has 1 heterocycles. The number of aliphatic imine (C=N–C) groups is 1. The molecular formula is C21H28FN5O2. The molecule has 1 atom stereocenters. The van der Waals surface area contributed by atoms with Crippen molar-refractivity contribution in [2.45, 2.75) is 33.3 Å². The molecule has 0 radical (unpaired) electrons. The molecule has 1 unspecified atom stereocenters. The SMILES string of the molecule is CCNC(=NCC(C)Oc1ccccc1F)NCCC(=O)Nc1cccc(C)n1. The molecule has 156 valence electrons. The maximum absolute atomic E-state index is 13.7. The average Bonchev–Trinajstić information content (AvgIpc) is 2.68. The van der Waals surface area contributed by atoms with E-state index < -0.39 is 5.82 Å². The summed E-state index contributed by atoms with van der Waals surface area (Å²) < 4.78 is 19.2. The number of aryl methyl sites for hydroxylation is 1. The molecule has 0 saturated heterocycles. The molecule has 0 fully saturated rings. The number of nitrogens with one attached hydrogen (secondary N) is 3. The van der Waals surface area contributed by atoms with Crippen molar-refractivity contribution in [1.82, 2.24) is 15.6 Å². The zero-order valence-electron chi connectivity index (χ0n) is 17.0. The molecular weight excluding hydrogens is 373 g/mol. The highest BCUT2D eigenvalue weighted by Gasteiger charge is 2.09. The fraction of sp³-hybridized carbons (Fsp3) is 0.381. The summed E-state index contributed by atoms with van der Waals surface area (Å²) in [4.78, 5) is 20.7. The molecule has 0 saturated carbocycles. The molecule has 0 aliphatic carbocycles. The number of halogens is 1. The third kappa shape index (κ3) is 8.16. The van der Waals surface area contributed by atoms with Gasteiger partial charge >= 0.3 is 0 Å². The summed E-state index contributed by atoms with van der Waals surface area (Å²) in [6, 6.07) is 11.7. The predicted molar refractivity (Wildman–Crippen MR) is 113 cm³/mol. The van der Waals surface area contributed by atoms with Crippen LogP contribution < -0.4 is 20.7 Å². The number of para-hydroxylation sites is 1. The minimum atomic E-state index is -0.400. The quantitative estimate of drug-likeness (QED) is 0.444. The number of anilines is 1. The molecule has 1 aromatic heterocycles. The van der Waals surface area contributed by atoms with Crippen molar-refractivity contribution in [1.29, 1.82) is 0 Å². The van der Waals surface area contributed by atoms with Crippen LogP contribution in [0.15, 0.2) is 47.5 Å². The summed E-state index contributed by atoms with van der Waals surface area (Å²) in [5.74, 6) is 0.771. The molecule has 29 heavy (non-hydrogen) atoms. The van der Waals surface area contributed by atoms with E-state index in [0.717, 1.165) is 5.69 Å². The zero-order valence-corrected chi connectivity index (χ0v) is 17.0. The molecule has 1 amide bonds. The van der Waals surface area contributed by atoms with E-state index in [1.165, 1.54) is 6.07 Å². The molecule has 1 aromatic carbocycles. The van der Waals surface area contributed by atoms with Crippen LogP contribution in [-0.2, 0) is 4.79 Å². The van der Waals surface area contributed by atoms with Crippen molar-refractivity contribution in [3.8, 4) is 5.75 Å². The van der Waals surface area contributed by atoms with Crippen LogP contribution in [0.5, 0.6) is 5.75 Å². The third-order valence-electron chi connectivity index (χ3n) is 3.82. The predicted octanol–water partition coefficient (Wildman–Crippen LogP) is 2.88. The smallest absolute Gasteiger partial charge is 0.227 e. The van der Waals surface area contributed by atoms with Gasteiger partial charge in [-0.15, -0.1) is 0 Å². The number of rotatable bonds is 9. The van der Waals surface area contributed by atoms with Crippen LogP contribution in [-0.4, -0.2) is 42.6 Å². The maximum atomic E-state index is 13.7. The lowest BCUT2D eigenvalue weighted by Crippen LogP contribution is -2.39. The largest absolute Gasteiger partial charge is 0.486 e. The van der Waals surface area contributed by atoms with Gasteiger partial charge in [-0.25, -0.2) is 14.4 Å². The zero-order chi connectivity index (χ0) is 21.1. The van der Waals surface area contributed by atoms with E-state index >= 15 is 0 Å². The lowest BCUT2D eigenvalue weighted by molar-refractivity contribution is -0.116. The highest BCUT2D eigenvalue weighted by molar-refractivity contribution is 5.90. The van der Waals surface area contributed by atoms with Gasteiger partial charge in [0, 0.05) is 25.2 Å². The number of carbonyl (C=O) groups excluding carboxylic acids is 1. The third-order valence-corrected chi connectivity index (χ3v) is 3.82. The Balaban J connectivity index is 1.79. The number of amides is 1. The fourth-order valence-corrected chi connectivity index (χ4v) is 2.47. The first-order valence-electron chi connectivity index (χ1n) is 9.64. The number of benzene rings is 1. The molecule has 2 rings (SSSR count). The van der Waals surface area contributed by atoms with Gasteiger partial charge < -0.3 is 20.7 Å². The van der Waals surface area contributed by atoms with E-state index in [2.05, 4.69) is 25.9 Å². The number of nitrogens with zero attached hydrogens (tertiary/aromatic N) is 2. The first kappa shape index (κ1) is 22.1. The first-order chi connectivity index (χ1) is 14.0. The van der Waals surface area contributed by atoms with Gasteiger partial charge in [-0.2, -0.15) is 0 Å². The molecule has 0 spiro atoms. The Kier molecular flexibility index (Phi) is 8.88. The summed E-state index contributed by atoms with van der Waals surface area (Å²) >= 11 is 0. The summed E-state index contributed by atoms with van der Waals surface area (Å²) in [7, 11) is 0. The van der Waals surface area contributed by atoms with Crippen LogP contribution in [0.4, 0.5) is 10.2 Å². The van der Waals surface area contributed by atoms with Crippen LogP contribution in [0.1, 0.15) is 26.0 Å². The van der Waals surface area contributed by atoms with Crippen molar-refractivity contribution < 1.29 is 13.9 Å². The minimum Gasteiger partial charge on any atom is -0.486 e. The topological polar surface area (TPSA) is 87.6 Å². The number of pyridine rings is 1. The minimum absolute atomic E-state index is 0.136. The Morgan fingerprint density at radius 2 is 2.00 bits per heavy atom. The van der Waals surface area contributed by atoms with Crippen molar-refractivity contribution in [2.75, 3.05) is 25.0 Å². The highest BCUT2D eigenvalue weighted by atomic mass is 19.1. The van der Waals surface area contributed by atoms with Gasteiger partial charge in [0.25, 0.3) is 0 Å². The van der Waals surface area contributed by atoms with Crippen molar-refractivity contribution in [3.63, 3.8) is 0 Å². The second-order valence-corrected chi connectivity index (χ2v) is 6.47. The number of aromatic nitrogens is 1. The Bertz CT molecular complexity index is 828. The van der Waals surface area contributed by atoms with Gasteiger partial charge in [0.15, 0.2) is 17.5 Å². The van der Waals surface area contributed by atoms with Crippen LogP contribution in [0.3, 0.4) is 0 Å². The fourth-order valence-electron chi connectivity index (χ4n) is 2.47. The van der Waals surface area contributed by atoms with Crippen molar-refractivity contribution in [2.24, 2.45) is 4.99 Å². The summed E-state index contributed by atoms with van der Waals surface area (Å²) in [6.07, 6.45) is -0.0422. The number of hydrogen-bond acceptors (Lipinski definition) is 4. The van der Waals surface area contributed by atoms with Gasteiger partial charge in [-0.1, -0.05) is 18.2 Å². The molecule has 8 heteroatoms. The monoisotopic (exact) mass is 401 g/mol. The normalized spacial score (nSPS) is 12.2. The van der Waals surface area contributed by atoms with E-state index in [-0.39, 0.29) is 24.2 Å². The average molecular weight is 401 g/mol. The van der Waals surface area contributed by atoms with E-state index in [4.69, 9.17) is 4.74 Å². The number of hydrogen-bond donors (Lipinski definition) is 3. The van der Waals surface area contributed by atoms with E-state index in [0.29, 0.717) is 31.4 Å². The number of guanidine groups is 1. The standard InChI is InChI=1S/C21H28FN5O2/c1-4-23-21(25-14-16(3)29-18-10-6-5-9-17(18)22)24-13-12-20(28)27-19-11-7-8-15(2)26-19/h5-11,16H,4,12-14H2,1-3H3,(H2,23,24,25)(H,26,27,28). The Morgan fingerprint density at radius 3 is 2.72 bits per heavy atom. The van der Waals surface area contributed by atoms with Crippen LogP contribution in [0.25, 0.3) is 0 Å². The summed E-state index contributed by atoms with van der Waals surface area (Å²) in [5, 5.41) is 8.98. The van der Waals surface area contributed by atoms with Gasteiger partial charge in [-0.3, -0.25) is 4.79 Å². The van der Waals surface area contributed by atoms with Crippen LogP contribution in [0, 0.1) is 12.7 Å². The van der Waals surface area contributed by atoms with Gasteiger partial charge in [0.1, 0.15) is 11.9 Å². The second kappa shape index (κ2) is 11.6. The molecule has 0 bridgehead atoms. The van der Waals surface area contributed by atoms with Crippen LogP contribution in [0.2, 0.25) is 0 Å². The molecule has 0 aliphatic rings. The lowest BCUT2D eigenvalue weighted by Gasteiger charge is -2.15. The van der Waals surface area contributed by atoms with E-state index in [1.54, 1.807) is 24.3 Å². The number of ether oxygens (including phenoxy) is 1. The van der Waals surface area contributed by atoms with Crippen molar-refractivity contribution in [3.05, 3.63) is 54.0 Å². The van der Waals surface area contributed by atoms with Gasteiger partial charge in [0.05, 0.1) is 6.54 Å². The molecule has 0 aliphatic heterocycles. The Hall–Kier alpha value is -3.16. The van der Waals surface area contributed by atoms with Gasteiger partial charge in [-0.05, 0) is 45.0 Å². The maximum Gasteiger partial charge on any atom is 0.227 e. The molecule has 3 N–H and O–H groups in total. The van der Waals surface area contributed by atoms with Gasteiger partial charge in [0.2, 0.25) is 5.91 Å². The summed E-state index contributed by atoms with van der Waals surface area (Å²) in [6.45, 7) is 7.06. The first-order valence-corrected chi connectivity index (χ1v) is 9.64. The van der Waals surface area contributed by atoms with Crippen LogP contribution >= 0.6 is 0 Å². The van der Waals surface area contributed by atoms with E-state index in [1.807, 2.05) is 32.9 Å². The number of carbonyl (C=O) groups is 1. The van der Waals surface area contributed by atoms with E-state index in [9.17, 15) is 9.18 Å². The highest BCUT2D eigenvalue weighted by Crippen LogP contribution is 2.16. The molecule has 2 aromatic rings. The second-order valence-electron chi connectivity index (χ2n) is 6.47. The summed E-state index contributed by atoms with van der Waals surface area (Å²) in [5.41, 5.74) is 0.842. The Labute approximate surface area is 170 Å². The Morgan fingerprint density at radius 1 is 1.21 bits per heavy atom. The lowest BCUT2D eigenvalue weighted by atomic mass is 10.3.